The minimum absolute atomic E-state index is 0.239. The van der Waals surface area contributed by atoms with Crippen LogP contribution in [0.25, 0.3) is 76.2 Å². The summed E-state index contributed by atoms with van der Waals surface area (Å²) in [5.74, 6) is 0. The first-order valence-corrected chi connectivity index (χ1v) is 21.7. The molecular weight excluding hydrogens is 757 g/mol. The summed E-state index contributed by atoms with van der Waals surface area (Å²) in [7, 11) is 0. The van der Waals surface area contributed by atoms with E-state index in [1.165, 1.54) is 65.9 Å². The van der Waals surface area contributed by atoms with Crippen LogP contribution in [-0.4, -0.2) is 0 Å². The van der Waals surface area contributed by atoms with Crippen molar-refractivity contribution in [2.75, 3.05) is 9.80 Å². The fourth-order valence-electron chi connectivity index (χ4n) is 11.5. The van der Waals surface area contributed by atoms with E-state index in [4.69, 9.17) is 8.83 Å². The molecular formula is C58H40N2O2. The Morgan fingerprint density at radius 2 is 0.710 bits per heavy atom. The van der Waals surface area contributed by atoms with Crippen molar-refractivity contribution >= 4 is 110 Å². The molecule has 0 spiro atoms. The third-order valence-electron chi connectivity index (χ3n) is 14.6. The highest BCUT2D eigenvalue weighted by molar-refractivity contribution is 6.28. The fourth-order valence-corrected chi connectivity index (χ4v) is 11.5. The first kappa shape index (κ1) is 34.2. The standard InChI is InChI=1S/C58H40N2O2/c1-57(2)41-15-7-9-17-47(41)59(49-31-53-39(29-43(49)57)35-13-5-11-19-51(35)61-53)45-27-23-33-22-26-38-46(28-24-34-21-25-37(45)55(33)56(34)38)60-48-18-10-8-16-42(48)58(3,4)44-30-40-36-14-6-12-20-52(36)62-54(40)32-50(44)60/h5-32H,1-4H3. The molecule has 14 rings (SSSR count). The second-order valence-corrected chi connectivity index (χ2v) is 18.5. The van der Waals surface area contributed by atoms with Crippen LogP contribution in [0, 0.1) is 0 Å². The lowest BCUT2D eigenvalue weighted by molar-refractivity contribution is 0.630. The van der Waals surface area contributed by atoms with Crippen molar-refractivity contribution in [3.8, 4) is 0 Å². The monoisotopic (exact) mass is 796 g/mol. The highest BCUT2D eigenvalue weighted by atomic mass is 16.3. The third-order valence-corrected chi connectivity index (χ3v) is 14.6. The van der Waals surface area contributed by atoms with Crippen molar-refractivity contribution in [3.63, 3.8) is 0 Å². The van der Waals surface area contributed by atoms with E-state index in [-0.39, 0.29) is 10.8 Å². The topological polar surface area (TPSA) is 32.8 Å². The van der Waals surface area contributed by atoms with E-state index in [0.29, 0.717) is 0 Å². The molecule has 0 bridgehead atoms. The van der Waals surface area contributed by atoms with Crippen LogP contribution in [0.1, 0.15) is 49.9 Å². The molecule has 62 heavy (non-hydrogen) atoms. The van der Waals surface area contributed by atoms with E-state index in [0.717, 1.165) is 66.6 Å². The average molecular weight is 797 g/mol. The minimum atomic E-state index is -0.239. The molecule has 4 nitrogen and oxygen atoms in total. The van der Waals surface area contributed by atoms with Gasteiger partial charge in [-0.25, -0.2) is 0 Å². The molecule has 0 fully saturated rings. The molecule has 2 aliphatic heterocycles. The van der Waals surface area contributed by atoms with Crippen molar-refractivity contribution < 1.29 is 8.83 Å². The lowest BCUT2D eigenvalue weighted by Crippen LogP contribution is -2.30. The minimum Gasteiger partial charge on any atom is -0.456 e. The van der Waals surface area contributed by atoms with Gasteiger partial charge in [0.05, 0.1) is 34.1 Å². The molecule has 294 valence electrons. The number of nitrogens with zero attached hydrogens (tertiary/aromatic N) is 2. The second kappa shape index (κ2) is 11.6. The van der Waals surface area contributed by atoms with E-state index < -0.39 is 0 Å². The van der Waals surface area contributed by atoms with E-state index >= 15 is 0 Å². The van der Waals surface area contributed by atoms with Crippen LogP contribution in [0.4, 0.5) is 34.1 Å². The fraction of sp³-hybridized carbons (Fsp3) is 0.103. The summed E-state index contributed by atoms with van der Waals surface area (Å²) in [6, 6.07) is 62.6. The zero-order chi connectivity index (χ0) is 41.2. The van der Waals surface area contributed by atoms with Gasteiger partial charge in [-0.3, -0.25) is 0 Å². The van der Waals surface area contributed by atoms with Crippen LogP contribution >= 0.6 is 0 Å². The molecule has 10 aromatic carbocycles. The SMILES string of the molecule is CC1(C)c2ccccc2N(c2ccc3ccc4c(N5c6ccccc6C(C)(C)c6cc7c(cc65)oc5ccccc57)ccc5ccc2c3c54)c2cc3oc4ccccc4c3cc21. The Hall–Kier alpha value is -7.56. The summed E-state index contributed by atoms with van der Waals surface area (Å²) in [6.45, 7) is 9.44. The van der Waals surface area contributed by atoms with E-state index in [2.05, 4.69) is 207 Å². The summed E-state index contributed by atoms with van der Waals surface area (Å²) in [5.41, 5.74) is 15.3. The van der Waals surface area contributed by atoms with Gasteiger partial charge >= 0.3 is 0 Å². The van der Waals surface area contributed by atoms with Crippen LogP contribution < -0.4 is 9.80 Å². The van der Waals surface area contributed by atoms with Crippen molar-refractivity contribution in [2.45, 2.75) is 38.5 Å². The van der Waals surface area contributed by atoms with E-state index in [9.17, 15) is 0 Å². The molecule has 0 amide bonds. The lowest BCUT2D eigenvalue weighted by atomic mass is 9.73. The van der Waals surface area contributed by atoms with Gasteiger partial charge < -0.3 is 18.6 Å². The van der Waals surface area contributed by atoms with Crippen molar-refractivity contribution in [1.82, 2.24) is 0 Å². The smallest absolute Gasteiger partial charge is 0.137 e. The Labute approximate surface area is 358 Å². The van der Waals surface area contributed by atoms with Crippen LogP contribution in [0.15, 0.2) is 179 Å². The third kappa shape index (κ3) is 4.26. The van der Waals surface area contributed by atoms with Gasteiger partial charge in [0.15, 0.2) is 0 Å². The molecule has 0 N–H and O–H groups in total. The van der Waals surface area contributed by atoms with Crippen LogP contribution in [0.5, 0.6) is 0 Å². The van der Waals surface area contributed by atoms with Gasteiger partial charge in [0, 0.05) is 55.3 Å². The predicted octanol–water partition coefficient (Wildman–Crippen LogP) is 16.6. The van der Waals surface area contributed by atoms with Gasteiger partial charge in [-0.2, -0.15) is 0 Å². The summed E-state index contributed by atoms with van der Waals surface area (Å²) < 4.78 is 13.1. The Kier molecular flexibility index (Phi) is 6.41. The Bertz CT molecular complexity index is 3650. The highest BCUT2D eigenvalue weighted by Gasteiger charge is 2.40. The maximum atomic E-state index is 6.57. The molecule has 0 atom stereocenters. The number of hydrogen-bond acceptors (Lipinski definition) is 4. The lowest BCUT2D eigenvalue weighted by Gasteiger charge is -2.42. The van der Waals surface area contributed by atoms with Crippen LogP contribution in [-0.2, 0) is 10.8 Å². The first-order valence-electron chi connectivity index (χ1n) is 21.7. The zero-order valence-electron chi connectivity index (χ0n) is 34.9. The second-order valence-electron chi connectivity index (χ2n) is 18.5. The average Bonchev–Trinajstić information content (AvgIpc) is 3.85. The molecule has 4 heterocycles. The molecule has 0 saturated carbocycles. The summed E-state index contributed by atoms with van der Waals surface area (Å²) >= 11 is 0. The van der Waals surface area contributed by atoms with Gasteiger partial charge in [0.1, 0.15) is 22.3 Å². The molecule has 0 saturated heterocycles. The van der Waals surface area contributed by atoms with Gasteiger partial charge in [-0.15, -0.1) is 0 Å². The molecule has 0 aliphatic carbocycles. The number of anilines is 6. The number of fused-ring (bicyclic) bond motifs is 10. The van der Waals surface area contributed by atoms with Crippen LogP contribution in [0.3, 0.4) is 0 Å². The maximum Gasteiger partial charge on any atom is 0.137 e. The molecule has 0 unspecified atom stereocenters. The Morgan fingerprint density at radius 3 is 1.18 bits per heavy atom. The summed E-state index contributed by atoms with van der Waals surface area (Å²) in [5, 5.41) is 12.0. The van der Waals surface area contributed by atoms with Crippen molar-refractivity contribution in [3.05, 3.63) is 192 Å². The predicted molar refractivity (Wildman–Crippen MR) is 258 cm³/mol. The number of para-hydroxylation sites is 4. The van der Waals surface area contributed by atoms with Gasteiger partial charge in [0.25, 0.3) is 0 Å². The molecule has 12 aromatic rings. The Morgan fingerprint density at radius 1 is 0.306 bits per heavy atom. The number of hydrogen-bond donors (Lipinski definition) is 0. The molecule has 2 aromatic heterocycles. The zero-order valence-corrected chi connectivity index (χ0v) is 34.9. The summed E-state index contributed by atoms with van der Waals surface area (Å²) in [6.07, 6.45) is 0. The number of benzene rings is 10. The maximum absolute atomic E-state index is 6.57. The normalized spacial score (nSPS) is 15.3. The van der Waals surface area contributed by atoms with Crippen molar-refractivity contribution in [1.29, 1.82) is 0 Å². The van der Waals surface area contributed by atoms with E-state index in [1.807, 2.05) is 0 Å². The molecule has 4 heteroatoms. The number of furan rings is 2. The Balaban J connectivity index is 1.04. The number of rotatable bonds is 2. The largest absolute Gasteiger partial charge is 0.456 e. The molecule has 2 aliphatic rings. The van der Waals surface area contributed by atoms with E-state index in [1.54, 1.807) is 0 Å². The first-order chi connectivity index (χ1) is 30.3. The quantitative estimate of drug-likeness (QED) is 0.163. The van der Waals surface area contributed by atoms with Crippen LogP contribution in [0.2, 0.25) is 0 Å². The van der Waals surface area contributed by atoms with Crippen molar-refractivity contribution in [2.24, 2.45) is 0 Å². The summed E-state index contributed by atoms with van der Waals surface area (Å²) in [4.78, 5) is 4.99. The van der Waals surface area contributed by atoms with Gasteiger partial charge in [0.2, 0.25) is 0 Å². The molecule has 0 radical (unpaired) electrons. The van der Waals surface area contributed by atoms with Gasteiger partial charge in [-0.1, -0.05) is 137 Å². The highest BCUT2D eigenvalue weighted by Crippen LogP contribution is 2.58. The van der Waals surface area contributed by atoms with Gasteiger partial charge in [-0.05, 0) is 92.3 Å².